The summed E-state index contributed by atoms with van der Waals surface area (Å²) in [5, 5.41) is 10.3. The number of anilines is 1. The Labute approximate surface area is 57.5 Å². The lowest BCUT2D eigenvalue weighted by molar-refractivity contribution is 0.209. The van der Waals surface area contributed by atoms with Gasteiger partial charge in [0.2, 0.25) is 5.88 Å². The number of rotatable bonds is 1. The van der Waals surface area contributed by atoms with Gasteiger partial charge in [-0.15, -0.1) is 0 Å². The van der Waals surface area contributed by atoms with Crippen LogP contribution >= 0.6 is 0 Å². The van der Waals surface area contributed by atoms with Gasteiger partial charge in [-0.1, -0.05) is 0 Å². The van der Waals surface area contributed by atoms with Gasteiger partial charge in [0, 0.05) is 6.07 Å². The van der Waals surface area contributed by atoms with Crippen LogP contribution in [0.15, 0.2) is 16.7 Å². The minimum Gasteiger partial charge on any atom is -0.465 e. The zero-order valence-electron chi connectivity index (χ0n) is 5.42. The van der Waals surface area contributed by atoms with E-state index in [9.17, 15) is 4.79 Å². The summed E-state index contributed by atoms with van der Waals surface area (Å²) >= 11 is 0. The third-order valence-electron chi connectivity index (χ3n) is 0.961. The first-order chi connectivity index (χ1) is 4.68. The van der Waals surface area contributed by atoms with Crippen LogP contribution in [0.5, 0.6) is 0 Å². The first kappa shape index (κ1) is 6.67. The molecule has 0 aliphatic heterocycles. The highest BCUT2D eigenvalue weighted by atomic mass is 16.4. The van der Waals surface area contributed by atoms with Gasteiger partial charge in [0.15, 0.2) is 0 Å². The molecule has 4 nitrogen and oxygen atoms in total. The SMILES string of the molecule is Cc1coc(NC(=O)O)c1. The van der Waals surface area contributed by atoms with Crippen molar-refractivity contribution >= 4 is 12.0 Å². The molecule has 0 aliphatic carbocycles. The molecule has 0 fully saturated rings. The fourth-order valence-electron chi connectivity index (χ4n) is 0.602. The van der Waals surface area contributed by atoms with Crippen LogP contribution in [0.4, 0.5) is 10.7 Å². The molecule has 0 saturated carbocycles. The summed E-state index contributed by atoms with van der Waals surface area (Å²) in [5.41, 5.74) is 0.892. The normalized spacial score (nSPS) is 9.30. The summed E-state index contributed by atoms with van der Waals surface area (Å²) in [6.45, 7) is 1.82. The molecule has 1 amide bonds. The number of carbonyl (C=O) groups is 1. The Bertz CT molecular complexity index is 241. The van der Waals surface area contributed by atoms with Gasteiger partial charge in [-0.3, -0.25) is 5.32 Å². The quantitative estimate of drug-likeness (QED) is 0.625. The van der Waals surface area contributed by atoms with Crippen molar-refractivity contribution in [2.45, 2.75) is 6.92 Å². The summed E-state index contributed by atoms with van der Waals surface area (Å²) in [4.78, 5) is 10.0. The first-order valence-electron chi connectivity index (χ1n) is 2.73. The minimum atomic E-state index is -1.12. The van der Waals surface area contributed by atoms with Gasteiger partial charge < -0.3 is 9.52 Å². The van der Waals surface area contributed by atoms with E-state index >= 15 is 0 Å². The van der Waals surface area contributed by atoms with Crippen LogP contribution in [0.1, 0.15) is 5.56 Å². The molecule has 0 aliphatic rings. The predicted octanol–water partition coefficient (Wildman–Crippen LogP) is 1.68. The molecule has 0 spiro atoms. The van der Waals surface area contributed by atoms with E-state index < -0.39 is 6.09 Å². The number of aryl methyl sites for hydroxylation is 1. The van der Waals surface area contributed by atoms with Gasteiger partial charge in [-0.05, 0) is 12.5 Å². The second-order valence-corrected chi connectivity index (χ2v) is 1.92. The minimum absolute atomic E-state index is 0.255. The summed E-state index contributed by atoms with van der Waals surface area (Å²) < 4.78 is 4.78. The van der Waals surface area contributed by atoms with E-state index in [2.05, 4.69) is 5.32 Å². The molecule has 1 heterocycles. The molecule has 54 valence electrons. The van der Waals surface area contributed by atoms with E-state index in [1.807, 2.05) is 6.92 Å². The lowest BCUT2D eigenvalue weighted by atomic mass is 10.4. The van der Waals surface area contributed by atoms with Crippen LogP contribution in [-0.2, 0) is 0 Å². The van der Waals surface area contributed by atoms with Gasteiger partial charge in [0.05, 0.1) is 6.26 Å². The number of hydrogen-bond donors (Lipinski definition) is 2. The van der Waals surface area contributed by atoms with Crippen LogP contribution in [0.25, 0.3) is 0 Å². The largest absolute Gasteiger partial charge is 0.465 e. The molecule has 4 heteroatoms. The average molecular weight is 141 g/mol. The van der Waals surface area contributed by atoms with E-state index in [1.165, 1.54) is 6.26 Å². The number of hydrogen-bond acceptors (Lipinski definition) is 2. The molecule has 0 saturated heterocycles. The topological polar surface area (TPSA) is 62.5 Å². The first-order valence-corrected chi connectivity index (χ1v) is 2.73. The highest BCUT2D eigenvalue weighted by molar-refractivity contribution is 5.80. The molecule has 10 heavy (non-hydrogen) atoms. The summed E-state index contributed by atoms with van der Waals surface area (Å²) in [6.07, 6.45) is 0.361. The fraction of sp³-hybridized carbons (Fsp3) is 0.167. The van der Waals surface area contributed by atoms with Crippen molar-refractivity contribution in [3.63, 3.8) is 0 Å². The highest BCUT2D eigenvalue weighted by Crippen LogP contribution is 2.10. The van der Waals surface area contributed by atoms with Gasteiger partial charge in [0.1, 0.15) is 0 Å². The number of amides is 1. The van der Waals surface area contributed by atoms with E-state index in [1.54, 1.807) is 6.07 Å². The number of nitrogens with one attached hydrogen (secondary N) is 1. The second kappa shape index (κ2) is 2.43. The Morgan fingerprint density at radius 2 is 2.50 bits per heavy atom. The Kier molecular flexibility index (Phi) is 1.62. The molecule has 1 rings (SSSR count). The molecule has 0 atom stereocenters. The van der Waals surface area contributed by atoms with E-state index in [4.69, 9.17) is 9.52 Å². The van der Waals surface area contributed by atoms with E-state index in [-0.39, 0.29) is 5.88 Å². The van der Waals surface area contributed by atoms with Crippen molar-refractivity contribution < 1.29 is 14.3 Å². The highest BCUT2D eigenvalue weighted by Gasteiger charge is 2.00. The Morgan fingerprint density at radius 1 is 1.80 bits per heavy atom. The van der Waals surface area contributed by atoms with Crippen molar-refractivity contribution in [1.29, 1.82) is 0 Å². The summed E-state index contributed by atoms with van der Waals surface area (Å²) in [6, 6.07) is 1.61. The molecule has 0 aromatic carbocycles. The molecular formula is C6H7NO3. The monoisotopic (exact) mass is 141 g/mol. The third kappa shape index (κ3) is 1.51. The Hall–Kier alpha value is -1.45. The molecule has 2 N–H and O–H groups in total. The van der Waals surface area contributed by atoms with Gasteiger partial charge in [0.25, 0.3) is 0 Å². The van der Waals surface area contributed by atoms with E-state index in [0.29, 0.717) is 0 Å². The van der Waals surface area contributed by atoms with Crippen LogP contribution in [0.3, 0.4) is 0 Å². The summed E-state index contributed by atoms with van der Waals surface area (Å²) in [7, 11) is 0. The smallest absolute Gasteiger partial charge is 0.411 e. The molecule has 1 aromatic rings. The summed E-state index contributed by atoms with van der Waals surface area (Å²) in [5.74, 6) is 0.255. The maximum atomic E-state index is 10.0. The molecule has 1 aromatic heterocycles. The molecule has 0 bridgehead atoms. The average Bonchev–Trinajstić information content (AvgIpc) is 2.13. The maximum absolute atomic E-state index is 10.0. The second-order valence-electron chi connectivity index (χ2n) is 1.92. The van der Waals surface area contributed by atoms with Crippen molar-refractivity contribution in [2.24, 2.45) is 0 Å². The number of furan rings is 1. The standard InChI is InChI=1S/C6H7NO3/c1-4-2-5(10-3-4)7-6(8)9/h2-3,7H,1H3,(H,8,9). The van der Waals surface area contributed by atoms with Crippen LogP contribution in [0.2, 0.25) is 0 Å². The van der Waals surface area contributed by atoms with Crippen molar-refractivity contribution in [2.75, 3.05) is 5.32 Å². The molecule has 0 radical (unpaired) electrons. The maximum Gasteiger partial charge on any atom is 0.411 e. The van der Waals surface area contributed by atoms with Crippen LogP contribution in [-0.4, -0.2) is 11.2 Å². The van der Waals surface area contributed by atoms with Gasteiger partial charge in [-0.25, -0.2) is 4.79 Å². The predicted molar refractivity (Wildman–Crippen MR) is 35.1 cm³/mol. The zero-order valence-corrected chi connectivity index (χ0v) is 5.42. The van der Waals surface area contributed by atoms with E-state index in [0.717, 1.165) is 5.56 Å². The third-order valence-corrected chi connectivity index (χ3v) is 0.961. The van der Waals surface area contributed by atoms with Gasteiger partial charge in [-0.2, -0.15) is 0 Å². The van der Waals surface area contributed by atoms with Crippen molar-refractivity contribution in [1.82, 2.24) is 0 Å². The lowest BCUT2D eigenvalue weighted by Gasteiger charge is -1.90. The zero-order chi connectivity index (χ0) is 7.56. The Morgan fingerprint density at radius 3 is 2.90 bits per heavy atom. The molecular weight excluding hydrogens is 134 g/mol. The van der Waals surface area contributed by atoms with Crippen molar-refractivity contribution in [3.8, 4) is 0 Å². The van der Waals surface area contributed by atoms with Crippen LogP contribution in [0, 0.1) is 6.92 Å². The lowest BCUT2D eigenvalue weighted by Crippen LogP contribution is -2.05. The fourth-order valence-corrected chi connectivity index (χ4v) is 0.602. The Balaban J connectivity index is 2.67. The van der Waals surface area contributed by atoms with Crippen molar-refractivity contribution in [3.05, 3.63) is 17.9 Å². The molecule has 0 unspecified atom stereocenters. The number of carboxylic acid groups (broad SMARTS) is 1. The van der Waals surface area contributed by atoms with Crippen LogP contribution < -0.4 is 5.32 Å². The van der Waals surface area contributed by atoms with Gasteiger partial charge >= 0.3 is 6.09 Å².